The van der Waals surface area contributed by atoms with Crippen molar-refractivity contribution in [1.29, 1.82) is 0 Å². The van der Waals surface area contributed by atoms with Crippen molar-refractivity contribution in [2.24, 2.45) is 0 Å². The van der Waals surface area contributed by atoms with E-state index in [0.717, 1.165) is 16.8 Å². The molecule has 6 nitrogen and oxygen atoms in total. The number of aryl methyl sites for hydroxylation is 1. The number of carbonyl (C=O) groups is 1. The average Bonchev–Trinajstić information content (AvgIpc) is 2.68. The number of methoxy groups -OCH3 is 2. The van der Waals surface area contributed by atoms with Gasteiger partial charge >= 0.3 is 0 Å². The van der Waals surface area contributed by atoms with Crippen LogP contribution < -0.4 is 25.4 Å². The number of amides is 1. The highest BCUT2D eigenvalue weighted by molar-refractivity contribution is 7.80. The highest BCUT2D eigenvalue weighted by Crippen LogP contribution is 2.39. The van der Waals surface area contributed by atoms with Crippen LogP contribution >= 0.6 is 12.2 Å². The molecule has 0 spiro atoms. The van der Waals surface area contributed by atoms with Gasteiger partial charge in [0.2, 0.25) is 0 Å². The van der Waals surface area contributed by atoms with Crippen molar-refractivity contribution < 1.29 is 14.3 Å². The van der Waals surface area contributed by atoms with Gasteiger partial charge in [-0.05, 0) is 44.3 Å². The molecule has 28 heavy (non-hydrogen) atoms. The van der Waals surface area contributed by atoms with Crippen LogP contribution in [0.5, 0.6) is 11.5 Å². The van der Waals surface area contributed by atoms with Gasteiger partial charge in [-0.15, -0.1) is 0 Å². The normalized spacial score (nSPS) is 16.1. The third-order valence-corrected chi connectivity index (χ3v) is 4.79. The number of benzene rings is 2. The largest absolute Gasteiger partial charge is 0.493 e. The average molecular weight is 398 g/mol. The lowest BCUT2D eigenvalue weighted by molar-refractivity contribution is -0.113. The Morgan fingerprint density at radius 1 is 1.07 bits per heavy atom. The first-order valence-corrected chi connectivity index (χ1v) is 9.22. The maximum absolute atomic E-state index is 13.1. The van der Waals surface area contributed by atoms with E-state index in [9.17, 15) is 4.79 Å². The Labute approximate surface area is 169 Å². The second-order valence-corrected chi connectivity index (χ2v) is 6.88. The molecule has 3 N–H and O–H groups in total. The lowest BCUT2D eigenvalue weighted by Gasteiger charge is -2.31. The van der Waals surface area contributed by atoms with Crippen LogP contribution in [0.2, 0.25) is 0 Å². The van der Waals surface area contributed by atoms with Gasteiger partial charge in [0.05, 0.1) is 25.8 Å². The predicted octanol–water partition coefficient (Wildman–Crippen LogP) is 3.44. The summed E-state index contributed by atoms with van der Waals surface area (Å²) in [4.78, 5) is 13.1. The summed E-state index contributed by atoms with van der Waals surface area (Å²) in [5, 5.41) is 9.62. The van der Waals surface area contributed by atoms with Crippen molar-refractivity contribution in [3.8, 4) is 11.5 Å². The fourth-order valence-corrected chi connectivity index (χ4v) is 3.47. The van der Waals surface area contributed by atoms with E-state index in [2.05, 4.69) is 16.0 Å². The molecule has 1 unspecified atom stereocenters. The lowest BCUT2D eigenvalue weighted by Crippen LogP contribution is -2.45. The van der Waals surface area contributed by atoms with Gasteiger partial charge in [-0.25, -0.2) is 0 Å². The molecule has 0 bridgehead atoms. The molecule has 0 fully saturated rings. The molecule has 1 aliphatic heterocycles. The maximum atomic E-state index is 13.1. The zero-order valence-electron chi connectivity index (χ0n) is 16.3. The highest BCUT2D eigenvalue weighted by atomic mass is 32.1. The van der Waals surface area contributed by atoms with E-state index in [1.807, 2.05) is 56.3 Å². The molecule has 2 aromatic carbocycles. The van der Waals surface area contributed by atoms with Crippen LogP contribution in [0.3, 0.4) is 0 Å². The van der Waals surface area contributed by atoms with Gasteiger partial charge in [-0.1, -0.05) is 29.8 Å². The minimum atomic E-state index is -0.482. The minimum Gasteiger partial charge on any atom is -0.493 e. The number of anilines is 1. The number of rotatable bonds is 5. The Hall–Kier alpha value is -3.06. The van der Waals surface area contributed by atoms with Crippen LogP contribution in [0.25, 0.3) is 0 Å². The molecule has 1 atom stereocenters. The van der Waals surface area contributed by atoms with E-state index in [1.165, 1.54) is 0 Å². The molecule has 0 radical (unpaired) electrons. The van der Waals surface area contributed by atoms with Gasteiger partial charge in [-0.2, -0.15) is 0 Å². The number of hydrogen-bond donors (Lipinski definition) is 3. The van der Waals surface area contributed by atoms with Crippen molar-refractivity contribution in [2.75, 3.05) is 19.5 Å². The predicted molar refractivity (Wildman–Crippen MR) is 114 cm³/mol. The summed E-state index contributed by atoms with van der Waals surface area (Å²) in [6.45, 7) is 3.83. The molecule has 0 aliphatic carbocycles. The van der Waals surface area contributed by atoms with E-state index in [1.54, 1.807) is 14.2 Å². The van der Waals surface area contributed by atoms with Crippen LogP contribution in [-0.4, -0.2) is 25.2 Å². The molecule has 146 valence electrons. The molecule has 0 saturated carbocycles. The van der Waals surface area contributed by atoms with Crippen molar-refractivity contribution in [3.63, 3.8) is 0 Å². The molecule has 1 amide bonds. The van der Waals surface area contributed by atoms with E-state index in [4.69, 9.17) is 21.7 Å². The van der Waals surface area contributed by atoms with Crippen LogP contribution in [-0.2, 0) is 4.79 Å². The van der Waals surface area contributed by atoms with Crippen LogP contribution in [0.1, 0.15) is 24.1 Å². The van der Waals surface area contributed by atoms with Crippen molar-refractivity contribution in [2.45, 2.75) is 19.9 Å². The van der Waals surface area contributed by atoms with Crippen molar-refractivity contribution >= 4 is 28.9 Å². The van der Waals surface area contributed by atoms with E-state index in [-0.39, 0.29) is 5.91 Å². The fourth-order valence-electron chi connectivity index (χ4n) is 3.20. The SMILES string of the molecule is COc1cccc(C2NC(=S)NC(C)=C2C(=O)Nc2ccc(C)cc2)c1OC. The third-order valence-electron chi connectivity index (χ3n) is 4.57. The fraction of sp³-hybridized carbons (Fsp3) is 0.238. The second kappa shape index (κ2) is 8.31. The Balaban J connectivity index is 2.02. The number of nitrogens with one attached hydrogen (secondary N) is 3. The summed E-state index contributed by atoms with van der Waals surface area (Å²) in [6.07, 6.45) is 0. The van der Waals surface area contributed by atoms with Crippen LogP contribution in [0.15, 0.2) is 53.7 Å². The first-order valence-electron chi connectivity index (χ1n) is 8.81. The zero-order chi connectivity index (χ0) is 20.3. The Morgan fingerprint density at radius 2 is 1.79 bits per heavy atom. The minimum absolute atomic E-state index is 0.223. The number of thiocarbonyl (C=S) groups is 1. The standard InChI is InChI=1S/C21H23N3O3S/c1-12-8-10-14(11-9-12)23-20(25)17-13(2)22-21(28)24-18(17)15-6-5-7-16(26-3)19(15)27-4/h5-11,18H,1-4H3,(H,23,25)(H2,22,24,28). The molecular formula is C21H23N3O3S. The monoisotopic (exact) mass is 397 g/mol. The Kier molecular flexibility index (Phi) is 5.84. The summed E-state index contributed by atoms with van der Waals surface area (Å²) in [5.41, 5.74) is 3.82. The van der Waals surface area contributed by atoms with Crippen LogP contribution in [0, 0.1) is 6.92 Å². The number of hydrogen-bond acceptors (Lipinski definition) is 4. The number of allylic oxidation sites excluding steroid dienone is 1. The topological polar surface area (TPSA) is 71.6 Å². The van der Waals surface area contributed by atoms with Gasteiger partial charge in [0, 0.05) is 16.9 Å². The number of para-hydroxylation sites is 1. The summed E-state index contributed by atoms with van der Waals surface area (Å²) < 4.78 is 11.0. The number of carbonyl (C=O) groups excluding carboxylic acids is 1. The summed E-state index contributed by atoms with van der Waals surface area (Å²) >= 11 is 5.32. The Morgan fingerprint density at radius 3 is 2.43 bits per heavy atom. The Bertz CT molecular complexity index is 938. The van der Waals surface area contributed by atoms with Gasteiger partial charge < -0.3 is 25.4 Å². The smallest absolute Gasteiger partial charge is 0.255 e. The highest BCUT2D eigenvalue weighted by Gasteiger charge is 2.32. The lowest BCUT2D eigenvalue weighted by atomic mass is 9.93. The molecule has 2 aromatic rings. The molecule has 1 heterocycles. The quantitative estimate of drug-likeness (QED) is 0.672. The van der Waals surface area contributed by atoms with Gasteiger partial charge in [0.15, 0.2) is 16.6 Å². The molecule has 1 aliphatic rings. The molecule has 0 saturated heterocycles. The summed E-state index contributed by atoms with van der Waals surface area (Å²) in [7, 11) is 3.15. The van der Waals surface area contributed by atoms with Crippen molar-refractivity contribution in [1.82, 2.24) is 10.6 Å². The molecule has 3 rings (SSSR count). The zero-order valence-corrected chi connectivity index (χ0v) is 17.1. The van der Waals surface area contributed by atoms with Crippen LogP contribution in [0.4, 0.5) is 5.69 Å². The van der Waals surface area contributed by atoms with Gasteiger partial charge in [-0.3, -0.25) is 4.79 Å². The first kappa shape index (κ1) is 19.7. The van der Waals surface area contributed by atoms with E-state index in [0.29, 0.717) is 27.9 Å². The van der Waals surface area contributed by atoms with Crippen molar-refractivity contribution in [3.05, 3.63) is 64.9 Å². The summed E-state index contributed by atoms with van der Waals surface area (Å²) in [5.74, 6) is 0.918. The number of ether oxygens (including phenoxy) is 2. The third kappa shape index (κ3) is 3.94. The van der Waals surface area contributed by atoms with E-state index < -0.39 is 6.04 Å². The second-order valence-electron chi connectivity index (χ2n) is 6.47. The van der Waals surface area contributed by atoms with Gasteiger partial charge in [0.25, 0.3) is 5.91 Å². The van der Waals surface area contributed by atoms with E-state index >= 15 is 0 Å². The first-order chi connectivity index (χ1) is 13.4. The molecule has 0 aromatic heterocycles. The summed E-state index contributed by atoms with van der Waals surface area (Å²) in [6, 6.07) is 12.7. The van der Waals surface area contributed by atoms with Gasteiger partial charge in [0.1, 0.15) is 0 Å². The molecular weight excluding hydrogens is 374 g/mol. The molecule has 7 heteroatoms. The maximum Gasteiger partial charge on any atom is 0.255 e.